The molecule has 6 heteroatoms. The summed E-state index contributed by atoms with van der Waals surface area (Å²) in [6.07, 6.45) is 4.79. The maximum atomic E-state index is 12.6. The number of hydrogen-bond donors (Lipinski definition) is 1. The number of sulfonamides is 1. The smallest absolute Gasteiger partial charge is 0.240 e. The Bertz CT molecular complexity index is 709. The van der Waals surface area contributed by atoms with Gasteiger partial charge in [0, 0.05) is 24.2 Å². The summed E-state index contributed by atoms with van der Waals surface area (Å²) in [6.45, 7) is 4.34. The molecule has 1 heterocycles. The van der Waals surface area contributed by atoms with Crippen molar-refractivity contribution in [1.29, 1.82) is 0 Å². The van der Waals surface area contributed by atoms with E-state index in [2.05, 4.69) is 4.72 Å². The quantitative estimate of drug-likeness (QED) is 0.918. The van der Waals surface area contributed by atoms with E-state index in [9.17, 15) is 13.2 Å². The highest BCUT2D eigenvalue weighted by molar-refractivity contribution is 7.89. The molecule has 0 unspecified atom stereocenters. The third-order valence-corrected chi connectivity index (χ3v) is 6.25. The highest BCUT2D eigenvalue weighted by Gasteiger charge is 2.32. The lowest BCUT2D eigenvalue weighted by Gasteiger charge is -2.35. The van der Waals surface area contributed by atoms with Gasteiger partial charge in [0.15, 0.2) is 0 Å². The lowest BCUT2D eigenvalue weighted by atomic mass is 9.83. The summed E-state index contributed by atoms with van der Waals surface area (Å²) < 4.78 is 27.2. The van der Waals surface area contributed by atoms with Crippen molar-refractivity contribution in [2.45, 2.75) is 56.9 Å². The molecule has 1 aliphatic carbocycles. The number of carbonyl (C=O) groups is 1. The zero-order valence-corrected chi connectivity index (χ0v) is 14.5. The van der Waals surface area contributed by atoms with E-state index >= 15 is 0 Å². The predicted molar refractivity (Wildman–Crippen MR) is 89.9 cm³/mol. The second-order valence-corrected chi connectivity index (χ2v) is 8.50. The van der Waals surface area contributed by atoms with Gasteiger partial charge in [-0.05, 0) is 63.3 Å². The van der Waals surface area contributed by atoms with Crippen LogP contribution in [0.2, 0.25) is 0 Å². The molecule has 1 aliphatic heterocycles. The van der Waals surface area contributed by atoms with Crippen LogP contribution in [0, 0.1) is 5.92 Å². The number of carbonyl (C=O) groups excluding carboxylic acids is 1. The number of rotatable bonds is 4. The maximum absolute atomic E-state index is 12.6. The number of anilines is 1. The van der Waals surface area contributed by atoms with Crippen LogP contribution in [0.3, 0.4) is 0 Å². The maximum Gasteiger partial charge on any atom is 0.240 e. The Labute approximate surface area is 138 Å². The summed E-state index contributed by atoms with van der Waals surface area (Å²) in [4.78, 5) is 14.7. The van der Waals surface area contributed by atoms with E-state index < -0.39 is 10.0 Å². The van der Waals surface area contributed by atoms with Crippen LogP contribution in [0.25, 0.3) is 0 Å². The monoisotopic (exact) mass is 336 g/mol. The van der Waals surface area contributed by atoms with Crippen molar-refractivity contribution in [3.05, 3.63) is 23.8 Å². The number of amides is 1. The normalized spacial score (nSPS) is 18.7. The zero-order valence-electron chi connectivity index (χ0n) is 13.7. The van der Waals surface area contributed by atoms with Gasteiger partial charge in [-0.2, -0.15) is 0 Å². The van der Waals surface area contributed by atoms with Crippen molar-refractivity contribution in [2.24, 2.45) is 5.92 Å². The van der Waals surface area contributed by atoms with E-state index in [0.29, 0.717) is 0 Å². The molecule has 126 valence electrons. The second-order valence-electron chi connectivity index (χ2n) is 6.79. The SMILES string of the molecule is CC(C)NS(=O)(=O)c1ccc2c(c1)CCCN2C(=O)C1CCC1. The molecule has 0 aromatic heterocycles. The van der Waals surface area contributed by atoms with Crippen molar-refractivity contribution in [2.75, 3.05) is 11.4 Å². The third kappa shape index (κ3) is 3.28. The second kappa shape index (κ2) is 6.24. The van der Waals surface area contributed by atoms with E-state index in [1.807, 2.05) is 4.90 Å². The number of aryl methyl sites for hydroxylation is 1. The Hall–Kier alpha value is -1.40. The van der Waals surface area contributed by atoms with Crippen LogP contribution in [0.4, 0.5) is 5.69 Å². The fraction of sp³-hybridized carbons (Fsp3) is 0.588. The molecule has 0 radical (unpaired) electrons. The number of fused-ring (bicyclic) bond motifs is 1. The summed E-state index contributed by atoms with van der Waals surface area (Å²) in [7, 11) is -3.49. The minimum absolute atomic E-state index is 0.146. The molecule has 1 fully saturated rings. The number of benzene rings is 1. The molecule has 0 saturated heterocycles. The Morgan fingerprint density at radius 1 is 1.26 bits per heavy atom. The number of nitrogens with one attached hydrogen (secondary N) is 1. The number of hydrogen-bond acceptors (Lipinski definition) is 3. The molecule has 5 nitrogen and oxygen atoms in total. The first-order chi connectivity index (χ1) is 10.9. The molecule has 0 bridgehead atoms. The third-order valence-electron chi connectivity index (χ3n) is 4.59. The largest absolute Gasteiger partial charge is 0.312 e. The van der Waals surface area contributed by atoms with Gasteiger partial charge < -0.3 is 4.90 Å². The standard InChI is InChI=1S/C17H24N2O3S/c1-12(2)18-23(21,22)15-8-9-16-14(11-15)7-4-10-19(16)17(20)13-5-3-6-13/h8-9,11-13,18H,3-7,10H2,1-2H3. The molecule has 0 spiro atoms. The lowest BCUT2D eigenvalue weighted by Crippen LogP contribution is -2.41. The van der Waals surface area contributed by atoms with Gasteiger partial charge in [-0.1, -0.05) is 6.42 Å². The summed E-state index contributed by atoms with van der Waals surface area (Å²) in [6, 6.07) is 4.98. The minimum Gasteiger partial charge on any atom is -0.312 e. The highest BCUT2D eigenvalue weighted by atomic mass is 32.2. The van der Waals surface area contributed by atoms with Crippen LogP contribution in [-0.4, -0.2) is 26.9 Å². The van der Waals surface area contributed by atoms with Crippen LogP contribution >= 0.6 is 0 Å². The Balaban J connectivity index is 1.89. The van der Waals surface area contributed by atoms with Crippen LogP contribution < -0.4 is 9.62 Å². The van der Waals surface area contributed by atoms with Gasteiger partial charge >= 0.3 is 0 Å². The van der Waals surface area contributed by atoms with Crippen molar-refractivity contribution in [1.82, 2.24) is 4.72 Å². The molecule has 1 aromatic rings. The molecular weight excluding hydrogens is 312 g/mol. The van der Waals surface area contributed by atoms with E-state index in [4.69, 9.17) is 0 Å². The first-order valence-corrected chi connectivity index (χ1v) is 9.83. The Morgan fingerprint density at radius 2 is 2.00 bits per heavy atom. The average Bonchev–Trinajstić information content (AvgIpc) is 2.42. The van der Waals surface area contributed by atoms with Crippen molar-refractivity contribution in [3.8, 4) is 0 Å². The Morgan fingerprint density at radius 3 is 2.61 bits per heavy atom. The lowest BCUT2D eigenvalue weighted by molar-refractivity contribution is -0.124. The fourth-order valence-electron chi connectivity index (χ4n) is 3.22. The van der Waals surface area contributed by atoms with Gasteiger partial charge in [-0.15, -0.1) is 0 Å². The van der Waals surface area contributed by atoms with Crippen LogP contribution in [-0.2, 0) is 21.2 Å². The van der Waals surface area contributed by atoms with Gasteiger partial charge in [-0.3, -0.25) is 4.79 Å². The molecule has 3 rings (SSSR count). The van der Waals surface area contributed by atoms with Crippen LogP contribution in [0.15, 0.2) is 23.1 Å². The van der Waals surface area contributed by atoms with Gasteiger partial charge in [0.1, 0.15) is 0 Å². The van der Waals surface area contributed by atoms with Crippen molar-refractivity contribution < 1.29 is 13.2 Å². The Kier molecular flexibility index (Phi) is 4.47. The molecule has 23 heavy (non-hydrogen) atoms. The van der Waals surface area contributed by atoms with Crippen molar-refractivity contribution in [3.63, 3.8) is 0 Å². The first-order valence-electron chi connectivity index (χ1n) is 8.35. The molecule has 2 aliphatic rings. The van der Waals surface area contributed by atoms with E-state index in [0.717, 1.165) is 49.9 Å². The fourth-order valence-corrected chi connectivity index (χ4v) is 4.52. The predicted octanol–water partition coefficient (Wildman–Crippen LogP) is 2.45. The van der Waals surface area contributed by atoms with Gasteiger partial charge in [0.05, 0.1) is 4.90 Å². The van der Waals surface area contributed by atoms with E-state index in [1.54, 1.807) is 32.0 Å². The summed E-state index contributed by atoms with van der Waals surface area (Å²) in [5.41, 5.74) is 1.84. The summed E-state index contributed by atoms with van der Waals surface area (Å²) in [5, 5.41) is 0. The molecule has 1 amide bonds. The van der Waals surface area contributed by atoms with Crippen LogP contribution in [0.1, 0.15) is 45.1 Å². The van der Waals surface area contributed by atoms with E-state index in [1.165, 1.54) is 0 Å². The minimum atomic E-state index is -3.49. The molecule has 1 aromatic carbocycles. The topological polar surface area (TPSA) is 66.5 Å². The van der Waals surface area contributed by atoms with Gasteiger partial charge in [0.2, 0.25) is 15.9 Å². The zero-order chi connectivity index (χ0) is 16.6. The average molecular weight is 336 g/mol. The number of nitrogens with zero attached hydrogens (tertiary/aromatic N) is 1. The van der Waals surface area contributed by atoms with Crippen molar-refractivity contribution >= 4 is 21.6 Å². The van der Waals surface area contributed by atoms with E-state index in [-0.39, 0.29) is 22.8 Å². The molecular formula is C17H24N2O3S. The van der Waals surface area contributed by atoms with Crippen LogP contribution in [0.5, 0.6) is 0 Å². The molecule has 1 saturated carbocycles. The highest BCUT2D eigenvalue weighted by Crippen LogP contribution is 2.34. The molecule has 1 N–H and O–H groups in total. The summed E-state index contributed by atoms with van der Waals surface area (Å²) >= 11 is 0. The van der Waals surface area contributed by atoms with Gasteiger partial charge in [-0.25, -0.2) is 13.1 Å². The van der Waals surface area contributed by atoms with Gasteiger partial charge in [0.25, 0.3) is 0 Å². The first kappa shape index (κ1) is 16.5. The molecule has 0 atom stereocenters. The summed E-state index contributed by atoms with van der Waals surface area (Å²) in [5.74, 6) is 0.361.